The highest BCUT2D eigenvalue weighted by Gasteiger charge is 2.20. The number of hydrogen-bond donors (Lipinski definition) is 2. The molecule has 2 aromatic rings. The number of anilines is 1. The number of aryl methyl sites for hydroxylation is 1. The maximum atomic E-state index is 13.7. The monoisotopic (exact) mass is 357 g/mol. The molecule has 0 aliphatic heterocycles. The van der Waals surface area contributed by atoms with Crippen LogP contribution in [0.5, 0.6) is 0 Å². The molecule has 2 N–H and O–H groups in total. The molecule has 2 rings (SSSR count). The molecule has 1 aromatic carbocycles. The molecule has 0 aliphatic carbocycles. The Morgan fingerprint density at radius 1 is 1.40 bits per heavy atom. The number of thiophene rings is 1. The normalized spacial score (nSPS) is 10.3. The van der Waals surface area contributed by atoms with Crippen LogP contribution < -0.4 is 5.32 Å². The van der Waals surface area contributed by atoms with E-state index in [1.54, 1.807) is 6.92 Å². The summed E-state index contributed by atoms with van der Waals surface area (Å²) in [5.74, 6) is -2.52. The maximum absolute atomic E-state index is 13.7. The number of carbonyl (C=O) groups excluding carboxylic acids is 1. The smallest absolute Gasteiger partial charge is 0.338 e. The van der Waals surface area contributed by atoms with Crippen molar-refractivity contribution in [3.63, 3.8) is 0 Å². The Labute approximate surface area is 126 Å². The molecule has 0 spiro atoms. The van der Waals surface area contributed by atoms with Crippen molar-refractivity contribution in [2.45, 2.75) is 6.92 Å². The van der Waals surface area contributed by atoms with Crippen LogP contribution in [0.1, 0.15) is 25.6 Å². The quantitative estimate of drug-likeness (QED) is 0.874. The van der Waals surface area contributed by atoms with Gasteiger partial charge in [0.2, 0.25) is 0 Å². The predicted octanol–water partition coefficient (Wildman–Crippen LogP) is 3.91. The van der Waals surface area contributed by atoms with Gasteiger partial charge < -0.3 is 10.4 Å². The summed E-state index contributed by atoms with van der Waals surface area (Å²) >= 11 is 4.23. The highest BCUT2D eigenvalue weighted by atomic mass is 79.9. The first kappa shape index (κ1) is 14.7. The van der Waals surface area contributed by atoms with Gasteiger partial charge in [0.1, 0.15) is 10.8 Å². The van der Waals surface area contributed by atoms with E-state index in [0.717, 1.165) is 22.3 Å². The second-order valence-electron chi connectivity index (χ2n) is 3.96. The first-order chi connectivity index (χ1) is 9.40. The lowest BCUT2D eigenvalue weighted by Crippen LogP contribution is -2.15. The van der Waals surface area contributed by atoms with Crippen molar-refractivity contribution < 1.29 is 19.1 Å². The number of benzene rings is 1. The van der Waals surface area contributed by atoms with E-state index in [1.165, 1.54) is 18.2 Å². The Morgan fingerprint density at radius 2 is 2.10 bits per heavy atom. The van der Waals surface area contributed by atoms with Gasteiger partial charge in [0.05, 0.1) is 11.1 Å². The second-order valence-corrected chi connectivity index (χ2v) is 6.07. The summed E-state index contributed by atoms with van der Waals surface area (Å²) in [7, 11) is 0. The molecular formula is C13H9BrFNO3S. The first-order valence-corrected chi connectivity index (χ1v) is 7.10. The Bertz CT molecular complexity index is 679. The first-order valence-electron chi connectivity index (χ1n) is 5.49. The summed E-state index contributed by atoms with van der Waals surface area (Å²) < 4.78 is 14.0. The maximum Gasteiger partial charge on any atom is 0.338 e. The molecule has 1 amide bonds. The number of carboxylic acids is 1. The van der Waals surface area contributed by atoms with Gasteiger partial charge in [-0.1, -0.05) is 6.07 Å². The van der Waals surface area contributed by atoms with E-state index in [2.05, 4.69) is 21.2 Å². The average Bonchev–Trinajstić information content (AvgIpc) is 2.70. The van der Waals surface area contributed by atoms with Gasteiger partial charge in [-0.25, -0.2) is 9.18 Å². The van der Waals surface area contributed by atoms with Crippen molar-refractivity contribution in [2.24, 2.45) is 0 Å². The molecule has 0 saturated carbocycles. The van der Waals surface area contributed by atoms with Crippen LogP contribution in [0.4, 0.5) is 9.39 Å². The molecule has 20 heavy (non-hydrogen) atoms. The van der Waals surface area contributed by atoms with Crippen molar-refractivity contribution in [1.29, 1.82) is 0 Å². The van der Waals surface area contributed by atoms with Crippen molar-refractivity contribution in [3.8, 4) is 0 Å². The zero-order valence-corrected chi connectivity index (χ0v) is 12.6. The molecule has 1 aromatic heterocycles. The van der Waals surface area contributed by atoms with Gasteiger partial charge in [0.25, 0.3) is 5.91 Å². The van der Waals surface area contributed by atoms with Gasteiger partial charge in [0.15, 0.2) is 0 Å². The minimum Gasteiger partial charge on any atom is -0.478 e. The minimum absolute atomic E-state index is 0.00619. The van der Waals surface area contributed by atoms with Crippen LogP contribution in [0.3, 0.4) is 0 Å². The molecule has 0 fully saturated rings. The fraction of sp³-hybridized carbons (Fsp3) is 0.0769. The second kappa shape index (κ2) is 5.72. The molecular weight excluding hydrogens is 349 g/mol. The summed E-state index contributed by atoms with van der Waals surface area (Å²) in [4.78, 5) is 23.9. The number of hydrogen-bond acceptors (Lipinski definition) is 3. The molecule has 1 heterocycles. The van der Waals surface area contributed by atoms with Crippen molar-refractivity contribution in [2.75, 3.05) is 5.32 Å². The van der Waals surface area contributed by atoms with Gasteiger partial charge in [-0.2, -0.15) is 0 Å². The van der Waals surface area contributed by atoms with E-state index >= 15 is 0 Å². The van der Waals surface area contributed by atoms with Crippen LogP contribution in [0.15, 0.2) is 28.7 Å². The van der Waals surface area contributed by atoms with E-state index in [4.69, 9.17) is 5.11 Å². The number of amides is 1. The lowest BCUT2D eigenvalue weighted by molar-refractivity contribution is 0.0698. The molecule has 104 valence electrons. The molecule has 0 unspecified atom stereocenters. The summed E-state index contributed by atoms with van der Waals surface area (Å²) in [6.45, 7) is 1.73. The van der Waals surface area contributed by atoms with E-state index < -0.39 is 17.7 Å². The van der Waals surface area contributed by atoms with Crippen LogP contribution >= 0.6 is 27.3 Å². The number of nitrogens with one attached hydrogen (secondary N) is 1. The van der Waals surface area contributed by atoms with Gasteiger partial charge in [0, 0.05) is 9.35 Å². The van der Waals surface area contributed by atoms with Crippen molar-refractivity contribution in [3.05, 3.63) is 50.6 Å². The van der Waals surface area contributed by atoms with Crippen LogP contribution in [0, 0.1) is 12.7 Å². The zero-order valence-electron chi connectivity index (χ0n) is 10.2. The number of halogens is 2. The van der Waals surface area contributed by atoms with Crippen LogP contribution in [-0.4, -0.2) is 17.0 Å². The Morgan fingerprint density at radius 3 is 2.70 bits per heavy atom. The number of rotatable bonds is 3. The van der Waals surface area contributed by atoms with Gasteiger partial charge in [-0.15, -0.1) is 11.3 Å². The lowest BCUT2D eigenvalue weighted by Gasteiger charge is -2.07. The highest BCUT2D eigenvalue weighted by Crippen LogP contribution is 2.29. The Balaban J connectivity index is 2.35. The molecule has 0 radical (unpaired) electrons. The third-order valence-corrected chi connectivity index (χ3v) is 4.13. The number of carboxylic acid groups (broad SMARTS) is 1. The fourth-order valence-electron chi connectivity index (χ4n) is 1.65. The third-order valence-electron chi connectivity index (χ3n) is 2.50. The molecule has 0 aliphatic rings. The Hall–Kier alpha value is -1.73. The summed E-state index contributed by atoms with van der Waals surface area (Å²) in [6, 6.07) is 5.63. The Kier molecular flexibility index (Phi) is 4.20. The molecule has 0 bridgehead atoms. The molecule has 4 nitrogen and oxygen atoms in total. The predicted molar refractivity (Wildman–Crippen MR) is 78.1 cm³/mol. The zero-order chi connectivity index (χ0) is 14.9. The van der Waals surface area contributed by atoms with Crippen molar-refractivity contribution >= 4 is 44.1 Å². The third kappa shape index (κ3) is 2.88. The molecule has 0 saturated heterocycles. The average molecular weight is 358 g/mol. The summed E-state index contributed by atoms with van der Waals surface area (Å²) in [5.41, 5.74) is -0.164. The summed E-state index contributed by atoms with van der Waals surface area (Å²) in [5, 5.41) is 11.7. The van der Waals surface area contributed by atoms with Crippen LogP contribution in [-0.2, 0) is 0 Å². The largest absolute Gasteiger partial charge is 0.478 e. The van der Waals surface area contributed by atoms with Crippen LogP contribution in [0.25, 0.3) is 0 Å². The van der Waals surface area contributed by atoms with Gasteiger partial charge in [-0.3, -0.25) is 4.79 Å². The van der Waals surface area contributed by atoms with E-state index in [1.807, 2.05) is 0 Å². The van der Waals surface area contributed by atoms with E-state index in [0.29, 0.717) is 4.47 Å². The minimum atomic E-state index is -1.14. The van der Waals surface area contributed by atoms with E-state index in [-0.39, 0.29) is 16.1 Å². The number of aromatic carboxylic acids is 1. The van der Waals surface area contributed by atoms with Crippen LogP contribution in [0.2, 0.25) is 0 Å². The lowest BCUT2D eigenvalue weighted by atomic mass is 10.2. The van der Waals surface area contributed by atoms with E-state index in [9.17, 15) is 14.0 Å². The number of carbonyl (C=O) groups is 2. The summed E-state index contributed by atoms with van der Waals surface area (Å²) in [6.07, 6.45) is 0. The topological polar surface area (TPSA) is 66.4 Å². The van der Waals surface area contributed by atoms with Crippen molar-refractivity contribution in [1.82, 2.24) is 0 Å². The fourth-order valence-corrected chi connectivity index (χ4v) is 3.07. The van der Waals surface area contributed by atoms with Gasteiger partial charge in [-0.05, 0) is 41.1 Å². The molecule has 0 atom stereocenters. The SMILES string of the molecule is Cc1cc(C(=O)O)c(NC(=O)c2c(F)cccc2Br)s1. The highest BCUT2D eigenvalue weighted by molar-refractivity contribution is 9.10. The standard InChI is InChI=1S/C13H9BrFNO3S/c1-6-5-7(13(18)19)12(20-6)16-11(17)10-8(14)3-2-4-9(10)15/h2-5H,1H3,(H,16,17)(H,18,19). The molecule has 7 heteroatoms. The van der Waals surface area contributed by atoms with Gasteiger partial charge >= 0.3 is 5.97 Å².